The number of methoxy groups -OCH3 is 1. The van der Waals surface area contributed by atoms with Crippen LogP contribution >= 0.6 is 0 Å². The van der Waals surface area contributed by atoms with Gasteiger partial charge in [0.25, 0.3) is 0 Å². The number of rotatable bonds is 7. The number of benzene rings is 1. The van der Waals surface area contributed by atoms with Gasteiger partial charge in [0.1, 0.15) is 12.4 Å². The second-order valence-electron chi connectivity index (χ2n) is 8.63. The van der Waals surface area contributed by atoms with Gasteiger partial charge in [-0.15, -0.1) is 0 Å². The summed E-state index contributed by atoms with van der Waals surface area (Å²) in [7, 11) is 1.79. The van der Waals surface area contributed by atoms with Gasteiger partial charge >= 0.3 is 0 Å². The molecule has 2 aromatic rings. The Bertz CT molecular complexity index is 856. The van der Waals surface area contributed by atoms with E-state index < -0.39 is 0 Å². The number of carbonyl (C=O) groups excluding carboxylic acids is 1. The van der Waals surface area contributed by atoms with Crippen molar-refractivity contribution >= 4 is 5.91 Å². The van der Waals surface area contributed by atoms with Crippen molar-refractivity contribution in [1.29, 1.82) is 0 Å². The third kappa shape index (κ3) is 6.05. The number of likely N-dealkylation sites (tertiary alicyclic amines) is 1. The molecule has 166 valence electrons. The molecule has 1 unspecified atom stereocenters. The molecule has 1 aromatic carbocycles. The van der Waals surface area contributed by atoms with Crippen molar-refractivity contribution in [2.24, 2.45) is 5.92 Å². The van der Waals surface area contributed by atoms with E-state index in [4.69, 9.17) is 9.47 Å². The lowest BCUT2D eigenvalue weighted by molar-refractivity contribution is -0.131. The first-order valence-corrected chi connectivity index (χ1v) is 11.3. The number of carbonyl (C=O) groups is 1. The first-order chi connectivity index (χ1) is 15.2. The fourth-order valence-electron chi connectivity index (χ4n) is 4.62. The molecule has 6 heteroatoms. The van der Waals surface area contributed by atoms with Crippen molar-refractivity contribution in [3.05, 3.63) is 59.4 Å². The highest BCUT2D eigenvalue weighted by molar-refractivity contribution is 5.76. The Kier molecular flexibility index (Phi) is 7.54. The quantitative estimate of drug-likeness (QED) is 0.684. The zero-order valence-electron chi connectivity index (χ0n) is 18.5. The van der Waals surface area contributed by atoms with Crippen LogP contribution in [0.2, 0.25) is 0 Å². The normalized spacial score (nSPS) is 19.4. The van der Waals surface area contributed by atoms with Crippen molar-refractivity contribution < 1.29 is 14.3 Å². The van der Waals surface area contributed by atoms with E-state index in [1.165, 1.54) is 18.4 Å². The highest BCUT2D eigenvalue weighted by atomic mass is 16.5. The van der Waals surface area contributed by atoms with Gasteiger partial charge in [-0.25, -0.2) is 0 Å². The summed E-state index contributed by atoms with van der Waals surface area (Å²) in [5.74, 6) is 1.68. The Morgan fingerprint density at radius 3 is 3.03 bits per heavy atom. The van der Waals surface area contributed by atoms with E-state index in [-0.39, 0.29) is 5.91 Å². The number of fused-ring (bicyclic) bond motifs is 1. The van der Waals surface area contributed by atoms with Crippen LogP contribution in [0.3, 0.4) is 0 Å². The Morgan fingerprint density at radius 1 is 1.26 bits per heavy atom. The number of pyridine rings is 1. The molecule has 1 fully saturated rings. The molecule has 0 saturated carbocycles. The molecule has 1 atom stereocenters. The number of amides is 1. The number of piperidine rings is 1. The number of nitrogens with zero attached hydrogens (tertiary/aromatic N) is 3. The zero-order valence-corrected chi connectivity index (χ0v) is 18.5. The van der Waals surface area contributed by atoms with Gasteiger partial charge in [-0.2, -0.15) is 0 Å². The number of aromatic nitrogens is 1. The molecule has 3 heterocycles. The number of aryl methyl sites for hydroxylation is 1. The van der Waals surface area contributed by atoms with Crippen molar-refractivity contribution in [3.63, 3.8) is 0 Å². The van der Waals surface area contributed by atoms with Crippen LogP contribution in [0.25, 0.3) is 0 Å². The number of hydrogen-bond donors (Lipinski definition) is 0. The first kappa shape index (κ1) is 21.8. The molecule has 2 aliphatic rings. The molecule has 6 nitrogen and oxygen atoms in total. The van der Waals surface area contributed by atoms with Crippen LogP contribution in [0.15, 0.2) is 42.6 Å². The van der Waals surface area contributed by atoms with Gasteiger partial charge in [0.15, 0.2) is 0 Å². The van der Waals surface area contributed by atoms with E-state index in [2.05, 4.69) is 28.1 Å². The average Bonchev–Trinajstić information content (AvgIpc) is 3.01. The first-order valence-electron chi connectivity index (χ1n) is 11.3. The van der Waals surface area contributed by atoms with E-state index in [9.17, 15) is 4.79 Å². The van der Waals surface area contributed by atoms with Crippen LogP contribution in [0.4, 0.5) is 0 Å². The van der Waals surface area contributed by atoms with E-state index in [0.29, 0.717) is 38.5 Å². The van der Waals surface area contributed by atoms with Crippen molar-refractivity contribution in [1.82, 2.24) is 14.8 Å². The SMILES string of the molecule is COCC1CCCN(Cc2ccc3c(c2)CN(C(=O)CCc2ccccn2)CCO3)C1. The Hall–Kier alpha value is -2.44. The summed E-state index contributed by atoms with van der Waals surface area (Å²) in [5, 5.41) is 0. The Labute approximate surface area is 185 Å². The van der Waals surface area contributed by atoms with Gasteiger partial charge in [-0.3, -0.25) is 14.7 Å². The van der Waals surface area contributed by atoms with Gasteiger partial charge in [0.05, 0.1) is 13.2 Å². The molecule has 1 amide bonds. The smallest absolute Gasteiger partial charge is 0.223 e. The fraction of sp³-hybridized carbons (Fsp3) is 0.520. The monoisotopic (exact) mass is 423 g/mol. The van der Waals surface area contributed by atoms with Crippen LogP contribution in [-0.2, 0) is 29.0 Å². The maximum atomic E-state index is 12.9. The lowest BCUT2D eigenvalue weighted by Gasteiger charge is -2.32. The lowest BCUT2D eigenvalue weighted by atomic mass is 9.98. The topological polar surface area (TPSA) is 54.9 Å². The molecular formula is C25H33N3O3. The van der Waals surface area contributed by atoms with Crippen molar-refractivity contribution in [2.45, 2.75) is 38.8 Å². The van der Waals surface area contributed by atoms with Gasteiger partial charge < -0.3 is 14.4 Å². The summed E-state index contributed by atoms with van der Waals surface area (Å²) in [6, 6.07) is 12.3. The minimum atomic E-state index is 0.158. The van der Waals surface area contributed by atoms with Crippen molar-refractivity contribution in [3.8, 4) is 5.75 Å². The average molecular weight is 424 g/mol. The van der Waals surface area contributed by atoms with Crippen LogP contribution in [-0.4, -0.2) is 60.6 Å². The summed E-state index contributed by atoms with van der Waals surface area (Å²) in [6.45, 7) is 5.75. The molecule has 4 rings (SSSR count). The highest BCUT2D eigenvalue weighted by Crippen LogP contribution is 2.26. The van der Waals surface area contributed by atoms with Gasteiger partial charge in [0, 0.05) is 50.6 Å². The van der Waals surface area contributed by atoms with E-state index >= 15 is 0 Å². The molecule has 2 aliphatic heterocycles. The van der Waals surface area contributed by atoms with Gasteiger partial charge in [-0.05, 0) is 61.6 Å². The number of hydrogen-bond acceptors (Lipinski definition) is 5. The van der Waals surface area contributed by atoms with Gasteiger partial charge in [-0.1, -0.05) is 12.1 Å². The van der Waals surface area contributed by atoms with Crippen molar-refractivity contribution in [2.75, 3.05) is 40.0 Å². The molecule has 0 N–H and O–H groups in total. The largest absolute Gasteiger partial charge is 0.491 e. The standard InChI is InChI=1S/C25H33N3O3/c1-30-19-21-5-4-12-27(17-21)16-20-7-9-24-22(15-20)18-28(13-14-31-24)25(29)10-8-23-6-2-3-11-26-23/h2-3,6-7,9,11,15,21H,4-5,8,10,12-14,16-19H2,1H3. The molecule has 0 aliphatic carbocycles. The molecule has 1 saturated heterocycles. The predicted molar refractivity (Wildman–Crippen MR) is 120 cm³/mol. The van der Waals surface area contributed by atoms with Gasteiger partial charge in [0.2, 0.25) is 5.91 Å². The van der Waals surface area contributed by atoms with Crippen LogP contribution in [0, 0.1) is 5.92 Å². The van der Waals surface area contributed by atoms with Crippen LogP contribution < -0.4 is 4.74 Å². The third-order valence-corrected chi connectivity index (χ3v) is 6.19. The summed E-state index contributed by atoms with van der Waals surface area (Å²) in [6.07, 6.45) is 5.39. The minimum absolute atomic E-state index is 0.158. The highest BCUT2D eigenvalue weighted by Gasteiger charge is 2.22. The van der Waals surface area contributed by atoms with Crippen LogP contribution in [0.1, 0.15) is 36.1 Å². The lowest BCUT2D eigenvalue weighted by Crippen LogP contribution is -2.36. The van der Waals surface area contributed by atoms with E-state index in [1.54, 1.807) is 13.3 Å². The third-order valence-electron chi connectivity index (χ3n) is 6.19. The molecule has 0 bridgehead atoms. The predicted octanol–water partition coefficient (Wildman–Crippen LogP) is 3.29. The summed E-state index contributed by atoms with van der Waals surface area (Å²) in [5.41, 5.74) is 3.34. The maximum absolute atomic E-state index is 12.9. The molecule has 31 heavy (non-hydrogen) atoms. The second-order valence-corrected chi connectivity index (χ2v) is 8.63. The Balaban J connectivity index is 1.37. The van der Waals surface area contributed by atoms with Crippen LogP contribution in [0.5, 0.6) is 5.75 Å². The molecular weight excluding hydrogens is 390 g/mol. The zero-order chi connectivity index (χ0) is 21.5. The maximum Gasteiger partial charge on any atom is 0.223 e. The fourth-order valence-corrected chi connectivity index (χ4v) is 4.62. The van der Waals surface area contributed by atoms with E-state index in [0.717, 1.165) is 43.2 Å². The summed E-state index contributed by atoms with van der Waals surface area (Å²) < 4.78 is 11.3. The Morgan fingerprint density at radius 2 is 2.19 bits per heavy atom. The number of ether oxygens (including phenoxy) is 2. The summed E-state index contributed by atoms with van der Waals surface area (Å²) in [4.78, 5) is 21.6. The minimum Gasteiger partial charge on any atom is -0.491 e. The molecule has 0 spiro atoms. The van der Waals surface area contributed by atoms with E-state index in [1.807, 2.05) is 23.1 Å². The molecule has 0 radical (unpaired) electrons. The second kappa shape index (κ2) is 10.7. The molecule has 1 aromatic heterocycles. The summed E-state index contributed by atoms with van der Waals surface area (Å²) >= 11 is 0.